The summed E-state index contributed by atoms with van der Waals surface area (Å²) in [4.78, 5) is 11.0. The molecule has 3 heteroatoms. The Kier molecular flexibility index (Phi) is 4.75. The Morgan fingerprint density at radius 2 is 1.38 bits per heavy atom. The minimum atomic E-state index is -2.44. The first-order valence-corrected chi connectivity index (χ1v) is 10.6. The van der Waals surface area contributed by atoms with Gasteiger partial charge in [-0.2, -0.15) is 0 Å². The Morgan fingerprint density at radius 1 is 0.917 bits per heavy atom. The summed E-state index contributed by atoms with van der Waals surface area (Å²) in [5.74, 6) is 0.174. The van der Waals surface area contributed by atoms with E-state index in [2.05, 4.69) is 81.4 Å². The molecule has 0 bridgehead atoms. The van der Waals surface area contributed by atoms with Gasteiger partial charge in [-0.25, -0.2) is 0 Å². The predicted molar refractivity (Wildman–Crippen MR) is 101 cm³/mol. The third-order valence-corrected chi connectivity index (χ3v) is 10.2. The molecular formula is C21H26O2Si. The Labute approximate surface area is 146 Å². The van der Waals surface area contributed by atoms with Crippen LogP contribution in [0.2, 0.25) is 5.04 Å². The number of rotatable bonds is 5. The SMILES string of the molecule is CC(C)(C)[Si](OC1CC(C=O)C1)(c1ccccc1)c1ccccc1. The molecule has 24 heavy (non-hydrogen) atoms. The fourth-order valence-electron chi connectivity index (χ4n) is 3.75. The Balaban J connectivity index is 2.09. The maximum atomic E-state index is 11.0. The van der Waals surface area contributed by atoms with E-state index in [9.17, 15) is 4.79 Å². The van der Waals surface area contributed by atoms with Crippen LogP contribution in [0, 0.1) is 5.92 Å². The number of aldehydes is 1. The minimum absolute atomic E-state index is 0.00196. The van der Waals surface area contributed by atoms with Crippen molar-refractivity contribution in [1.82, 2.24) is 0 Å². The van der Waals surface area contributed by atoms with Crippen molar-refractivity contribution in [2.75, 3.05) is 0 Å². The number of benzene rings is 2. The van der Waals surface area contributed by atoms with Crippen molar-refractivity contribution in [2.45, 2.75) is 44.8 Å². The van der Waals surface area contributed by atoms with Crippen LogP contribution in [0.4, 0.5) is 0 Å². The quantitative estimate of drug-likeness (QED) is 0.616. The number of carbonyl (C=O) groups is 1. The lowest BCUT2D eigenvalue weighted by Crippen LogP contribution is -2.68. The molecule has 1 fully saturated rings. The first kappa shape index (κ1) is 17.1. The largest absolute Gasteiger partial charge is 0.404 e. The smallest absolute Gasteiger partial charge is 0.261 e. The third-order valence-electron chi connectivity index (χ3n) is 5.08. The van der Waals surface area contributed by atoms with Gasteiger partial charge in [-0.1, -0.05) is 81.4 Å². The van der Waals surface area contributed by atoms with E-state index in [-0.39, 0.29) is 17.1 Å². The topological polar surface area (TPSA) is 26.3 Å². The number of hydrogen-bond donors (Lipinski definition) is 0. The Hall–Kier alpha value is -1.71. The molecule has 0 N–H and O–H groups in total. The molecule has 3 rings (SSSR count). The zero-order valence-electron chi connectivity index (χ0n) is 14.7. The molecule has 2 aromatic carbocycles. The maximum Gasteiger partial charge on any atom is 0.261 e. The average Bonchev–Trinajstić information content (AvgIpc) is 2.54. The second kappa shape index (κ2) is 6.65. The fraction of sp³-hybridized carbons (Fsp3) is 0.381. The Bertz CT molecular complexity index is 630. The van der Waals surface area contributed by atoms with E-state index in [0.29, 0.717) is 0 Å². The highest BCUT2D eigenvalue weighted by atomic mass is 28.4. The van der Waals surface area contributed by atoms with E-state index < -0.39 is 8.32 Å². The molecule has 0 unspecified atom stereocenters. The fourth-order valence-corrected chi connectivity index (χ4v) is 8.46. The van der Waals surface area contributed by atoms with Crippen LogP contribution in [0.5, 0.6) is 0 Å². The standard InChI is InChI=1S/C21H26O2Si/c1-21(2,3)24(19-10-6-4-7-11-19,20-12-8-5-9-13-20)23-18-14-17(15-18)16-22/h4-13,16-18H,14-15H2,1-3H3. The van der Waals surface area contributed by atoms with E-state index in [1.165, 1.54) is 10.4 Å². The highest BCUT2D eigenvalue weighted by Crippen LogP contribution is 2.41. The summed E-state index contributed by atoms with van der Waals surface area (Å²) in [6, 6.07) is 21.4. The normalized spacial score (nSPS) is 21.1. The van der Waals surface area contributed by atoms with Crippen LogP contribution >= 0.6 is 0 Å². The lowest BCUT2D eigenvalue weighted by atomic mass is 9.84. The van der Waals surface area contributed by atoms with E-state index in [1.807, 2.05) is 0 Å². The van der Waals surface area contributed by atoms with Crippen molar-refractivity contribution in [3.8, 4) is 0 Å². The van der Waals surface area contributed by atoms with E-state index in [0.717, 1.165) is 19.1 Å². The Morgan fingerprint density at radius 3 is 1.75 bits per heavy atom. The first-order valence-electron chi connectivity index (χ1n) is 8.71. The van der Waals surface area contributed by atoms with Gasteiger partial charge in [-0.3, -0.25) is 0 Å². The zero-order valence-corrected chi connectivity index (χ0v) is 15.7. The molecule has 1 aliphatic carbocycles. The van der Waals surface area contributed by atoms with Gasteiger partial charge in [-0.15, -0.1) is 0 Å². The highest BCUT2D eigenvalue weighted by molar-refractivity contribution is 6.99. The van der Waals surface area contributed by atoms with Crippen LogP contribution < -0.4 is 10.4 Å². The van der Waals surface area contributed by atoms with Crippen molar-refractivity contribution < 1.29 is 9.22 Å². The van der Waals surface area contributed by atoms with Crippen LogP contribution in [0.15, 0.2) is 60.7 Å². The average molecular weight is 339 g/mol. The van der Waals surface area contributed by atoms with Gasteiger partial charge in [0.25, 0.3) is 8.32 Å². The summed E-state index contributed by atoms with van der Waals surface area (Å²) in [6.07, 6.45) is 2.97. The molecule has 0 aromatic heterocycles. The third kappa shape index (κ3) is 2.98. The van der Waals surface area contributed by atoms with E-state index >= 15 is 0 Å². The second-order valence-electron chi connectivity index (χ2n) is 7.77. The highest BCUT2D eigenvalue weighted by Gasteiger charge is 2.52. The predicted octanol–water partition coefficient (Wildman–Crippen LogP) is 3.54. The molecule has 0 radical (unpaired) electrons. The molecule has 0 amide bonds. The minimum Gasteiger partial charge on any atom is -0.404 e. The maximum absolute atomic E-state index is 11.0. The second-order valence-corrected chi connectivity index (χ2v) is 12.0. The molecule has 2 aromatic rings. The molecule has 1 saturated carbocycles. The van der Waals surface area contributed by atoms with Gasteiger partial charge in [0.15, 0.2) is 0 Å². The molecule has 0 heterocycles. The van der Waals surface area contributed by atoms with Crippen LogP contribution in [0.25, 0.3) is 0 Å². The molecular weight excluding hydrogens is 312 g/mol. The van der Waals surface area contributed by atoms with E-state index in [4.69, 9.17) is 4.43 Å². The molecule has 2 nitrogen and oxygen atoms in total. The molecule has 0 aliphatic heterocycles. The summed E-state index contributed by atoms with van der Waals surface area (Å²) in [5, 5.41) is 2.61. The van der Waals surface area contributed by atoms with Crippen LogP contribution in [0.1, 0.15) is 33.6 Å². The zero-order chi connectivity index (χ0) is 17.2. The van der Waals surface area contributed by atoms with Crippen LogP contribution in [0.3, 0.4) is 0 Å². The van der Waals surface area contributed by atoms with Gasteiger partial charge in [0, 0.05) is 12.0 Å². The lowest BCUT2D eigenvalue weighted by molar-refractivity contribution is -0.116. The van der Waals surface area contributed by atoms with Gasteiger partial charge < -0.3 is 9.22 Å². The van der Waals surface area contributed by atoms with Gasteiger partial charge in [0.1, 0.15) is 6.29 Å². The number of hydrogen-bond acceptors (Lipinski definition) is 2. The van der Waals surface area contributed by atoms with Gasteiger partial charge in [0.05, 0.1) is 0 Å². The van der Waals surface area contributed by atoms with Gasteiger partial charge in [0.2, 0.25) is 0 Å². The lowest BCUT2D eigenvalue weighted by Gasteiger charge is -2.48. The molecule has 0 atom stereocenters. The van der Waals surface area contributed by atoms with Crippen molar-refractivity contribution >= 4 is 25.0 Å². The molecule has 0 spiro atoms. The van der Waals surface area contributed by atoms with Crippen LogP contribution in [-0.2, 0) is 9.22 Å². The summed E-state index contributed by atoms with van der Waals surface area (Å²) in [5.41, 5.74) is 0. The monoisotopic (exact) mass is 338 g/mol. The van der Waals surface area contributed by atoms with Crippen LogP contribution in [-0.4, -0.2) is 20.7 Å². The summed E-state index contributed by atoms with van der Waals surface area (Å²) < 4.78 is 6.92. The summed E-state index contributed by atoms with van der Waals surface area (Å²) in [7, 11) is -2.44. The van der Waals surface area contributed by atoms with Crippen molar-refractivity contribution in [3.05, 3.63) is 60.7 Å². The van der Waals surface area contributed by atoms with E-state index in [1.54, 1.807) is 0 Å². The molecule has 1 aliphatic rings. The number of carbonyl (C=O) groups excluding carboxylic acids is 1. The van der Waals surface area contributed by atoms with Gasteiger partial charge in [-0.05, 0) is 28.3 Å². The van der Waals surface area contributed by atoms with Gasteiger partial charge >= 0.3 is 0 Å². The van der Waals surface area contributed by atoms with Crippen molar-refractivity contribution in [1.29, 1.82) is 0 Å². The summed E-state index contributed by atoms with van der Waals surface area (Å²) in [6.45, 7) is 6.86. The molecule has 126 valence electrons. The molecule has 0 saturated heterocycles. The van der Waals surface area contributed by atoms with Crippen molar-refractivity contribution in [3.63, 3.8) is 0 Å². The van der Waals surface area contributed by atoms with Crippen molar-refractivity contribution in [2.24, 2.45) is 5.92 Å². The first-order chi connectivity index (χ1) is 11.5. The summed E-state index contributed by atoms with van der Waals surface area (Å²) >= 11 is 0.